The molecule has 22 heavy (non-hydrogen) atoms. The second-order valence-electron chi connectivity index (χ2n) is 5.20. The molecule has 8 heteroatoms. The zero-order valence-electron chi connectivity index (χ0n) is 12.1. The van der Waals surface area contributed by atoms with Crippen molar-refractivity contribution in [3.63, 3.8) is 0 Å². The molecule has 3 heterocycles. The van der Waals surface area contributed by atoms with Gasteiger partial charge in [0.05, 0.1) is 12.6 Å². The quantitative estimate of drug-likeness (QED) is 0.926. The van der Waals surface area contributed by atoms with Crippen LogP contribution in [0.4, 0.5) is 25.3 Å². The minimum absolute atomic E-state index is 0.202. The van der Waals surface area contributed by atoms with E-state index in [1.54, 1.807) is 11.0 Å². The van der Waals surface area contributed by atoms with E-state index in [2.05, 4.69) is 15.0 Å². The molecule has 2 aromatic heterocycles. The molecule has 1 fully saturated rings. The number of alkyl halides is 2. The predicted octanol–water partition coefficient (Wildman–Crippen LogP) is 2.75. The molecule has 6 nitrogen and oxygen atoms in total. The van der Waals surface area contributed by atoms with E-state index in [4.69, 9.17) is 0 Å². The lowest BCUT2D eigenvalue weighted by Crippen LogP contribution is -2.40. The number of amides is 1. The Morgan fingerprint density at radius 2 is 2.14 bits per heavy atom. The standard InChI is InChI=1S/C14H16F2N4O2/c1-22-13(21)18-11-9-10-3-2-6-20(10)12(17-11)19-7-4-14(15,16)5-8-19/h2-3,6,9H,4-5,7-8H2,1H3,(H,18,21). The molecule has 0 spiro atoms. The Hall–Kier alpha value is -2.38. The highest BCUT2D eigenvalue weighted by Crippen LogP contribution is 2.30. The summed E-state index contributed by atoms with van der Waals surface area (Å²) in [5, 5.41) is 2.51. The Labute approximate surface area is 125 Å². The molecule has 3 rings (SSSR count). The molecule has 0 aliphatic carbocycles. The van der Waals surface area contributed by atoms with Gasteiger partial charge in [-0.15, -0.1) is 0 Å². The third kappa shape index (κ3) is 2.81. The van der Waals surface area contributed by atoms with Crippen LogP contribution in [0, 0.1) is 0 Å². The monoisotopic (exact) mass is 310 g/mol. The van der Waals surface area contributed by atoms with Gasteiger partial charge in [0.1, 0.15) is 5.82 Å². The highest BCUT2D eigenvalue weighted by atomic mass is 19.3. The van der Waals surface area contributed by atoms with Crippen LogP contribution in [0.1, 0.15) is 12.8 Å². The van der Waals surface area contributed by atoms with Crippen LogP contribution >= 0.6 is 0 Å². The predicted molar refractivity (Wildman–Crippen MR) is 77.6 cm³/mol. The van der Waals surface area contributed by atoms with Crippen LogP contribution in [0.25, 0.3) is 5.52 Å². The molecule has 1 amide bonds. The summed E-state index contributed by atoms with van der Waals surface area (Å²) >= 11 is 0. The van der Waals surface area contributed by atoms with Crippen molar-refractivity contribution in [3.05, 3.63) is 24.4 Å². The van der Waals surface area contributed by atoms with Crippen molar-refractivity contribution in [1.82, 2.24) is 9.38 Å². The maximum absolute atomic E-state index is 13.3. The molecule has 0 saturated carbocycles. The SMILES string of the molecule is COC(=O)Nc1cc2cccn2c(N2CCC(F)(F)CC2)n1. The number of ether oxygens (including phenoxy) is 1. The third-order valence-electron chi connectivity index (χ3n) is 3.69. The van der Waals surface area contributed by atoms with Crippen LogP contribution in [-0.4, -0.2) is 41.6 Å². The minimum Gasteiger partial charge on any atom is -0.453 e. The van der Waals surface area contributed by atoms with Gasteiger partial charge in [-0.1, -0.05) is 0 Å². The minimum atomic E-state index is -2.62. The van der Waals surface area contributed by atoms with E-state index in [0.29, 0.717) is 11.8 Å². The Bertz CT molecular complexity index is 691. The summed E-state index contributed by atoms with van der Waals surface area (Å²) in [5.74, 6) is -1.76. The van der Waals surface area contributed by atoms with Crippen molar-refractivity contribution in [1.29, 1.82) is 0 Å². The van der Waals surface area contributed by atoms with Crippen LogP contribution < -0.4 is 10.2 Å². The molecule has 2 aromatic rings. The summed E-state index contributed by atoms with van der Waals surface area (Å²) in [6.07, 6.45) is 0.782. The third-order valence-corrected chi connectivity index (χ3v) is 3.69. The van der Waals surface area contributed by atoms with Gasteiger partial charge in [-0.05, 0) is 12.1 Å². The van der Waals surface area contributed by atoms with Crippen LogP contribution in [0.3, 0.4) is 0 Å². The van der Waals surface area contributed by atoms with E-state index < -0.39 is 12.0 Å². The zero-order chi connectivity index (χ0) is 15.7. The first-order valence-electron chi connectivity index (χ1n) is 6.94. The topological polar surface area (TPSA) is 58.9 Å². The number of nitrogens with one attached hydrogen (secondary N) is 1. The summed E-state index contributed by atoms with van der Waals surface area (Å²) < 4.78 is 33.0. The van der Waals surface area contributed by atoms with E-state index >= 15 is 0 Å². The molecule has 0 bridgehead atoms. The van der Waals surface area contributed by atoms with Gasteiger partial charge in [-0.2, -0.15) is 4.98 Å². The zero-order valence-corrected chi connectivity index (χ0v) is 12.1. The fraction of sp³-hybridized carbons (Fsp3) is 0.429. The van der Waals surface area contributed by atoms with E-state index in [1.807, 2.05) is 22.7 Å². The van der Waals surface area contributed by atoms with E-state index in [1.165, 1.54) is 7.11 Å². The number of methoxy groups -OCH3 is 1. The molecule has 1 aliphatic heterocycles. The molecule has 0 radical (unpaired) electrons. The van der Waals surface area contributed by atoms with Gasteiger partial charge in [0, 0.05) is 38.2 Å². The van der Waals surface area contributed by atoms with Gasteiger partial charge in [0.2, 0.25) is 5.95 Å². The molecule has 0 unspecified atom stereocenters. The van der Waals surface area contributed by atoms with Crippen LogP contribution in [0.5, 0.6) is 0 Å². The number of fused-ring (bicyclic) bond motifs is 1. The average Bonchev–Trinajstić information content (AvgIpc) is 2.94. The summed E-state index contributed by atoms with van der Waals surface area (Å²) in [6, 6.07) is 5.38. The van der Waals surface area contributed by atoms with E-state index in [0.717, 1.165) is 5.52 Å². The molecule has 1 saturated heterocycles. The van der Waals surface area contributed by atoms with Crippen molar-refractivity contribution in [2.45, 2.75) is 18.8 Å². The van der Waals surface area contributed by atoms with Crippen molar-refractivity contribution in [3.8, 4) is 0 Å². The number of nitrogens with zero attached hydrogens (tertiary/aromatic N) is 3. The van der Waals surface area contributed by atoms with Gasteiger partial charge in [0.25, 0.3) is 5.92 Å². The molecular formula is C14H16F2N4O2. The maximum atomic E-state index is 13.3. The van der Waals surface area contributed by atoms with Crippen LogP contribution in [0.2, 0.25) is 0 Å². The van der Waals surface area contributed by atoms with Crippen molar-refractivity contribution < 1.29 is 18.3 Å². The molecule has 118 valence electrons. The Balaban J connectivity index is 1.93. The lowest BCUT2D eigenvalue weighted by atomic mass is 10.1. The number of piperidine rings is 1. The van der Waals surface area contributed by atoms with Gasteiger partial charge in [-0.25, -0.2) is 13.6 Å². The first-order chi connectivity index (χ1) is 10.5. The van der Waals surface area contributed by atoms with Crippen molar-refractivity contribution in [2.24, 2.45) is 0 Å². The summed E-state index contributed by atoms with van der Waals surface area (Å²) in [6.45, 7) is 0.434. The highest BCUT2D eigenvalue weighted by Gasteiger charge is 2.35. The largest absolute Gasteiger partial charge is 0.453 e. The number of anilines is 2. The number of rotatable bonds is 2. The fourth-order valence-corrected chi connectivity index (χ4v) is 2.50. The normalized spacial score (nSPS) is 17.5. The first kappa shape index (κ1) is 14.6. The van der Waals surface area contributed by atoms with Gasteiger partial charge in [0.15, 0.2) is 0 Å². The van der Waals surface area contributed by atoms with Crippen LogP contribution in [-0.2, 0) is 4.74 Å². The number of aromatic nitrogens is 2. The summed E-state index contributed by atoms with van der Waals surface area (Å²) in [5.41, 5.74) is 0.814. The van der Waals surface area contributed by atoms with Gasteiger partial charge >= 0.3 is 6.09 Å². The van der Waals surface area contributed by atoms with Gasteiger partial charge in [-0.3, -0.25) is 9.72 Å². The molecule has 0 atom stereocenters. The molecule has 1 aliphatic rings. The maximum Gasteiger partial charge on any atom is 0.412 e. The number of carbonyl (C=O) groups is 1. The Morgan fingerprint density at radius 1 is 1.41 bits per heavy atom. The number of hydrogen-bond donors (Lipinski definition) is 1. The van der Waals surface area contributed by atoms with E-state index in [9.17, 15) is 13.6 Å². The number of halogens is 2. The molecular weight excluding hydrogens is 294 g/mol. The van der Waals surface area contributed by atoms with Crippen molar-refractivity contribution >= 4 is 23.4 Å². The second kappa shape index (κ2) is 5.43. The molecule has 1 N–H and O–H groups in total. The summed E-state index contributed by atoms with van der Waals surface area (Å²) in [7, 11) is 1.26. The van der Waals surface area contributed by atoms with Crippen molar-refractivity contribution in [2.75, 3.05) is 30.4 Å². The second-order valence-corrected chi connectivity index (χ2v) is 5.20. The highest BCUT2D eigenvalue weighted by molar-refractivity contribution is 5.84. The fourth-order valence-electron chi connectivity index (χ4n) is 2.50. The Morgan fingerprint density at radius 3 is 2.82 bits per heavy atom. The molecule has 0 aromatic carbocycles. The lowest BCUT2D eigenvalue weighted by molar-refractivity contribution is -0.0222. The van der Waals surface area contributed by atoms with E-state index in [-0.39, 0.29) is 25.9 Å². The lowest BCUT2D eigenvalue weighted by Gasteiger charge is -2.32. The average molecular weight is 310 g/mol. The van der Waals surface area contributed by atoms with Gasteiger partial charge < -0.3 is 9.64 Å². The number of hydrogen-bond acceptors (Lipinski definition) is 4. The Kier molecular flexibility index (Phi) is 3.59. The van der Waals surface area contributed by atoms with Crippen LogP contribution in [0.15, 0.2) is 24.4 Å². The first-order valence-corrected chi connectivity index (χ1v) is 6.94. The smallest absolute Gasteiger partial charge is 0.412 e. The number of carbonyl (C=O) groups excluding carboxylic acids is 1. The summed E-state index contributed by atoms with van der Waals surface area (Å²) in [4.78, 5) is 17.5.